The third kappa shape index (κ3) is 6.10. The van der Waals surface area contributed by atoms with Gasteiger partial charge in [0.25, 0.3) is 0 Å². The van der Waals surface area contributed by atoms with Crippen molar-refractivity contribution >= 4 is 47.4 Å². The molecule has 2 heterocycles. The molecular weight excluding hydrogens is 479 g/mol. The fourth-order valence-electron chi connectivity index (χ4n) is 2.99. The maximum absolute atomic E-state index is 12.5. The lowest BCUT2D eigenvalue weighted by atomic mass is 10.1. The van der Waals surface area contributed by atoms with Crippen LogP contribution in [-0.2, 0) is 17.8 Å². The van der Waals surface area contributed by atoms with E-state index in [0.29, 0.717) is 31.1 Å². The molecule has 2 aromatic rings. The number of carbonyl (C=O) groups is 1. The molecule has 3 rings (SSSR count). The summed E-state index contributed by atoms with van der Waals surface area (Å²) in [4.78, 5) is 20.9. The molecule has 9 heteroatoms. The molecule has 7 nitrogen and oxygen atoms in total. The summed E-state index contributed by atoms with van der Waals surface area (Å²) in [7, 11) is 1.77. The number of aromatic nitrogens is 2. The number of H-pyrrole nitrogens is 1. The van der Waals surface area contributed by atoms with E-state index >= 15 is 0 Å². The van der Waals surface area contributed by atoms with Crippen LogP contribution in [0.3, 0.4) is 0 Å². The van der Waals surface area contributed by atoms with Crippen LogP contribution in [0.4, 0.5) is 0 Å². The Bertz CT molecular complexity index is 759. The lowest BCUT2D eigenvalue weighted by Gasteiger charge is -2.36. The average molecular weight is 503 g/mol. The summed E-state index contributed by atoms with van der Waals surface area (Å²) in [6.07, 6.45) is 2.11. The second kappa shape index (κ2) is 10.5. The van der Waals surface area contributed by atoms with Crippen molar-refractivity contribution < 1.29 is 4.79 Å². The van der Waals surface area contributed by atoms with Crippen LogP contribution in [0, 0.1) is 0 Å². The molecule has 1 amide bonds. The van der Waals surface area contributed by atoms with Gasteiger partial charge in [-0.05, 0) is 23.8 Å². The topological polar surface area (TPSA) is 76.6 Å². The van der Waals surface area contributed by atoms with Crippen LogP contribution in [0.5, 0.6) is 0 Å². The van der Waals surface area contributed by atoms with Crippen molar-refractivity contribution in [2.75, 3.05) is 33.2 Å². The Labute approximate surface area is 181 Å². The number of aliphatic imine (C=N–C) groups is 1. The number of halogens is 2. The standard InChI is InChI=1S/C18H23ClN6O.HI/c1-20-18(21-13-16-5-6-22-23-16)25-9-7-24(8-10-25)17(26)12-14-3-2-4-15(19)11-14;/h2-6,11H,7-10,12-13H2,1H3,(H,20,21)(H,22,23);1H. The minimum absolute atomic E-state index is 0. The zero-order chi connectivity index (χ0) is 18.4. The number of aromatic amines is 1. The average Bonchev–Trinajstić information content (AvgIpc) is 3.16. The number of amides is 1. The molecule has 1 saturated heterocycles. The lowest BCUT2D eigenvalue weighted by molar-refractivity contribution is -0.131. The van der Waals surface area contributed by atoms with Gasteiger partial charge < -0.3 is 15.1 Å². The van der Waals surface area contributed by atoms with Crippen LogP contribution < -0.4 is 5.32 Å². The number of nitrogens with one attached hydrogen (secondary N) is 2. The van der Waals surface area contributed by atoms with Gasteiger partial charge in [-0.1, -0.05) is 23.7 Å². The first-order valence-electron chi connectivity index (χ1n) is 8.62. The molecule has 1 fully saturated rings. The van der Waals surface area contributed by atoms with Crippen LogP contribution in [0.2, 0.25) is 5.02 Å². The molecule has 146 valence electrons. The first kappa shape index (κ1) is 21.5. The minimum Gasteiger partial charge on any atom is -0.351 e. The first-order valence-corrected chi connectivity index (χ1v) is 8.99. The largest absolute Gasteiger partial charge is 0.351 e. The van der Waals surface area contributed by atoms with Gasteiger partial charge in [0, 0.05) is 44.4 Å². The van der Waals surface area contributed by atoms with Gasteiger partial charge in [0.05, 0.1) is 18.7 Å². The Kier molecular flexibility index (Phi) is 8.36. The normalized spacial score (nSPS) is 14.7. The highest BCUT2D eigenvalue weighted by Gasteiger charge is 2.23. The van der Waals surface area contributed by atoms with Crippen LogP contribution in [-0.4, -0.2) is 65.1 Å². The number of guanidine groups is 1. The first-order chi connectivity index (χ1) is 12.7. The Balaban J connectivity index is 0.00000261. The number of carbonyl (C=O) groups excluding carboxylic acids is 1. The molecule has 1 aliphatic heterocycles. The molecule has 2 N–H and O–H groups in total. The second-order valence-corrected chi connectivity index (χ2v) is 6.59. The molecular formula is C18H24ClIN6O. The van der Waals surface area contributed by atoms with Gasteiger partial charge in [-0.25, -0.2) is 0 Å². The van der Waals surface area contributed by atoms with E-state index in [9.17, 15) is 4.79 Å². The molecule has 1 aromatic heterocycles. The van der Waals surface area contributed by atoms with Gasteiger partial charge in [0.1, 0.15) is 0 Å². The van der Waals surface area contributed by atoms with E-state index in [1.165, 1.54) is 0 Å². The summed E-state index contributed by atoms with van der Waals surface area (Å²) in [6, 6.07) is 9.39. The SMILES string of the molecule is CN=C(NCc1ccn[nH]1)N1CCN(C(=O)Cc2cccc(Cl)c2)CC1.I. The second-order valence-electron chi connectivity index (χ2n) is 6.16. The maximum atomic E-state index is 12.5. The third-order valence-electron chi connectivity index (χ3n) is 4.38. The van der Waals surface area contributed by atoms with E-state index in [-0.39, 0.29) is 29.9 Å². The van der Waals surface area contributed by atoms with Crippen molar-refractivity contribution in [1.29, 1.82) is 0 Å². The summed E-state index contributed by atoms with van der Waals surface area (Å²) in [5.41, 5.74) is 1.95. The number of rotatable bonds is 4. The number of piperazine rings is 1. The Morgan fingerprint density at radius 1 is 1.26 bits per heavy atom. The summed E-state index contributed by atoms with van der Waals surface area (Å²) in [5, 5.41) is 10.8. The molecule has 1 aliphatic rings. The van der Waals surface area contributed by atoms with Crippen molar-refractivity contribution in [3.63, 3.8) is 0 Å². The maximum Gasteiger partial charge on any atom is 0.227 e. The predicted octanol–water partition coefficient (Wildman–Crippen LogP) is 2.14. The van der Waals surface area contributed by atoms with Gasteiger partial charge in [-0.3, -0.25) is 14.9 Å². The van der Waals surface area contributed by atoms with Gasteiger partial charge in [0.15, 0.2) is 5.96 Å². The highest BCUT2D eigenvalue weighted by atomic mass is 127. The van der Waals surface area contributed by atoms with Gasteiger partial charge in [-0.15, -0.1) is 24.0 Å². The van der Waals surface area contributed by atoms with E-state index in [1.54, 1.807) is 13.2 Å². The quantitative estimate of drug-likeness (QED) is 0.382. The van der Waals surface area contributed by atoms with Crippen LogP contribution in [0.15, 0.2) is 41.5 Å². The molecule has 0 aliphatic carbocycles. The molecule has 0 bridgehead atoms. The summed E-state index contributed by atoms with van der Waals surface area (Å²) >= 11 is 5.99. The minimum atomic E-state index is 0. The number of benzene rings is 1. The Morgan fingerprint density at radius 2 is 2.00 bits per heavy atom. The van der Waals surface area contributed by atoms with Crippen LogP contribution >= 0.6 is 35.6 Å². The monoisotopic (exact) mass is 502 g/mol. The Morgan fingerprint density at radius 3 is 2.63 bits per heavy atom. The highest BCUT2D eigenvalue weighted by molar-refractivity contribution is 14.0. The number of nitrogens with zero attached hydrogens (tertiary/aromatic N) is 4. The van der Waals surface area contributed by atoms with Crippen molar-refractivity contribution in [2.45, 2.75) is 13.0 Å². The van der Waals surface area contributed by atoms with Crippen LogP contribution in [0.1, 0.15) is 11.3 Å². The van der Waals surface area contributed by atoms with Crippen molar-refractivity contribution in [2.24, 2.45) is 4.99 Å². The zero-order valence-corrected chi connectivity index (χ0v) is 18.3. The van der Waals surface area contributed by atoms with Crippen molar-refractivity contribution in [1.82, 2.24) is 25.3 Å². The molecule has 0 saturated carbocycles. The molecule has 0 atom stereocenters. The lowest BCUT2D eigenvalue weighted by Crippen LogP contribution is -2.53. The van der Waals surface area contributed by atoms with Crippen LogP contribution in [0.25, 0.3) is 0 Å². The van der Waals surface area contributed by atoms with Gasteiger partial charge in [0.2, 0.25) is 5.91 Å². The van der Waals surface area contributed by atoms with E-state index < -0.39 is 0 Å². The number of hydrogen-bond acceptors (Lipinski definition) is 3. The third-order valence-corrected chi connectivity index (χ3v) is 4.62. The fraction of sp³-hybridized carbons (Fsp3) is 0.389. The fourth-order valence-corrected chi connectivity index (χ4v) is 3.20. The predicted molar refractivity (Wildman–Crippen MR) is 118 cm³/mol. The van der Waals surface area contributed by atoms with E-state index in [1.807, 2.05) is 35.2 Å². The van der Waals surface area contributed by atoms with E-state index in [2.05, 4.69) is 25.4 Å². The summed E-state index contributed by atoms with van der Waals surface area (Å²) in [6.45, 7) is 3.52. The zero-order valence-electron chi connectivity index (χ0n) is 15.2. The summed E-state index contributed by atoms with van der Waals surface area (Å²) in [5.74, 6) is 0.967. The molecule has 0 spiro atoms. The smallest absolute Gasteiger partial charge is 0.227 e. The number of hydrogen-bond donors (Lipinski definition) is 2. The van der Waals surface area contributed by atoms with Crippen molar-refractivity contribution in [3.8, 4) is 0 Å². The van der Waals surface area contributed by atoms with E-state index in [4.69, 9.17) is 11.6 Å². The molecule has 27 heavy (non-hydrogen) atoms. The summed E-state index contributed by atoms with van der Waals surface area (Å²) < 4.78 is 0. The van der Waals surface area contributed by atoms with E-state index in [0.717, 1.165) is 30.3 Å². The Hall–Kier alpha value is -1.81. The highest BCUT2D eigenvalue weighted by Crippen LogP contribution is 2.13. The molecule has 0 radical (unpaired) electrons. The van der Waals surface area contributed by atoms with Crippen molar-refractivity contribution in [3.05, 3.63) is 52.8 Å². The van der Waals surface area contributed by atoms with Gasteiger partial charge >= 0.3 is 0 Å². The van der Waals surface area contributed by atoms with Gasteiger partial charge in [-0.2, -0.15) is 5.10 Å². The molecule has 1 aromatic carbocycles. The molecule has 0 unspecified atom stereocenters.